The number of nitrogens with one attached hydrogen (secondary N) is 1. The van der Waals surface area contributed by atoms with Gasteiger partial charge in [0.2, 0.25) is 5.91 Å². The Bertz CT molecular complexity index is 719. The number of nitrogens with zero attached hydrogens (tertiary/aromatic N) is 5. The van der Waals surface area contributed by atoms with Gasteiger partial charge in [0, 0.05) is 19.3 Å². The summed E-state index contributed by atoms with van der Waals surface area (Å²) in [6.45, 7) is 9.33. The van der Waals surface area contributed by atoms with Crippen LogP contribution >= 0.6 is 0 Å². The summed E-state index contributed by atoms with van der Waals surface area (Å²) >= 11 is 0. The van der Waals surface area contributed by atoms with Crippen LogP contribution in [-0.2, 0) is 16.1 Å². The van der Waals surface area contributed by atoms with Gasteiger partial charge in [-0.2, -0.15) is 5.10 Å². The number of rotatable bonds is 5. The SMILES string of the molecule is Cc1nn(CC(=O)Nc2ccc(N3CCOCC3)nn2)cc1C(C)C. The topological polar surface area (TPSA) is 85.2 Å². The maximum absolute atomic E-state index is 12.2. The van der Waals surface area contributed by atoms with Gasteiger partial charge in [-0.25, -0.2) is 0 Å². The fraction of sp³-hybridized carbons (Fsp3) is 0.529. The lowest BCUT2D eigenvalue weighted by molar-refractivity contribution is -0.116. The molecule has 2 aromatic heterocycles. The van der Waals surface area contributed by atoms with E-state index < -0.39 is 0 Å². The highest BCUT2D eigenvalue weighted by Crippen LogP contribution is 2.17. The first-order valence-electron chi connectivity index (χ1n) is 8.53. The van der Waals surface area contributed by atoms with Crippen LogP contribution in [0.1, 0.15) is 31.0 Å². The molecule has 3 rings (SSSR count). The maximum atomic E-state index is 12.2. The zero-order valence-corrected chi connectivity index (χ0v) is 14.9. The molecule has 1 amide bonds. The van der Waals surface area contributed by atoms with Gasteiger partial charge in [-0.05, 0) is 30.5 Å². The van der Waals surface area contributed by atoms with Crippen molar-refractivity contribution in [2.24, 2.45) is 0 Å². The predicted octanol–water partition coefficient (Wildman–Crippen LogP) is 1.58. The van der Waals surface area contributed by atoms with E-state index in [1.807, 2.05) is 19.2 Å². The summed E-state index contributed by atoms with van der Waals surface area (Å²) < 4.78 is 6.99. The normalized spacial score (nSPS) is 14.8. The Hall–Kier alpha value is -2.48. The fourth-order valence-corrected chi connectivity index (χ4v) is 2.86. The van der Waals surface area contributed by atoms with Gasteiger partial charge in [0.1, 0.15) is 6.54 Å². The van der Waals surface area contributed by atoms with Crippen molar-refractivity contribution in [2.45, 2.75) is 33.2 Å². The Labute approximate surface area is 147 Å². The highest BCUT2D eigenvalue weighted by molar-refractivity contribution is 5.89. The summed E-state index contributed by atoms with van der Waals surface area (Å²) in [4.78, 5) is 14.3. The van der Waals surface area contributed by atoms with E-state index in [0.717, 1.165) is 30.2 Å². The molecule has 0 radical (unpaired) electrons. The third-order valence-electron chi connectivity index (χ3n) is 4.16. The van der Waals surface area contributed by atoms with Crippen LogP contribution in [0.15, 0.2) is 18.3 Å². The van der Waals surface area contributed by atoms with Crippen molar-refractivity contribution in [1.29, 1.82) is 0 Å². The van der Waals surface area contributed by atoms with Crippen LogP contribution in [-0.4, -0.2) is 52.2 Å². The number of morpholine rings is 1. The van der Waals surface area contributed by atoms with Gasteiger partial charge >= 0.3 is 0 Å². The number of hydrogen-bond donors (Lipinski definition) is 1. The summed E-state index contributed by atoms with van der Waals surface area (Å²) in [5.41, 5.74) is 2.11. The molecule has 1 saturated heterocycles. The number of aromatic nitrogens is 4. The smallest absolute Gasteiger partial charge is 0.247 e. The molecule has 3 heterocycles. The minimum Gasteiger partial charge on any atom is -0.378 e. The number of aryl methyl sites for hydroxylation is 1. The zero-order chi connectivity index (χ0) is 17.8. The van der Waals surface area contributed by atoms with E-state index in [2.05, 4.69) is 39.4 Å². The second-order valence-electron chi connectivity index (χ2n) is 6.45. The second kappa shape index (κ2) is 7.60. The third-order valence-corrected chi connectivity index (χ3v) is 4.16. The van der Waals surface area contributed by atoms with E-state index >= 15 is 0 Å². The fourth-order valence-electron chi connectivity index (χ4n) is 2.86. The van der Waals surface area contributed by atoms with Crippen molar-refractivity contribution in [3.63, 3.8) is 0 Å². The summed E-state index contributed by atoms with van der Waals surface area (Å²) in [5, 5.41) is 15.4. The average molecular weight is 344 g/mol. The molecule has 1 fully saturated rings. The Balaban J connectivity index is 1.58. The van der Waals surface area contributed by atoms with Gasteiger partial charge < -0.3 is 15.0 Å². The first kappa shape index (κ1) is 17.3. The standard InChI is InChI=1S/C17H24N6O2/c1-12(2)14-10-23(21-13(14)3)11-17(24)18-15-4-5-16(20-19-15)22-6-8-25-9-7-22/h4-5,10,12H,6-9,11H2,1-3H3,(H,18,19,24). The van der Waals surface area contributed by atoms with Crippen LogP contribution in [0.4, 0.5) is 11.6 Å². The number of anilines is 2. The highest BCUT2D eigenvalue weighted by Gasteiger charge is 2.14. The van der Waals surface area contributed by atoms with E-state index in [4.69, 9.17) is 4.74 Å². The van der Waals surface area contributed by atoms with Crippen LogP contribution in [0.5, 0.6) is 0 Å². The molecule has 134 valence electrons. The first-order valence-corrected chi connectivity index (χ1v) is 8.53. The lowest BCUT2D eigenvalue weighted by Gasteiger charge is -2.27. The quantitative estimate of drug-likeness (QED) is 0.886. The number of carbonyl (C=O) groups is 1. The van der Waals surface area contributed by atoms with Crippen LogP contribution < -0.4 is 10.2 Å². The van der Waals surface area contributed by atoms with Crippen molar-refractivity contribution >= 4 is 17.5 Å². The maximum Gasteiger partial charge on any atom is 0.247 e. The Morgan fingerprint density at radius 2 is 2.04 bits per heavy atom. The molecule has 0 atom stereocenters. The molecule has 0 spiro atoms. The largest absolute Gasteiger partial charge is 0.378 e. The van der Waals surface area contributed by atoms with Crippen LogP contribution in [0.2, 0.25) is 0 Å². The minimum absolute atomic E-state index is 0.153. The first-order chi connectivity index (χ1) is 12.0. The van der Waals surface area contributed by atoms with Crippen LogP contribution in [0, 0.1) is 6.92 Å². The number of amides is 1. The minimum atomic E-state index is -0.175. The van der Waals surface area contributed by atoms with Gasteiger partial charge in [0.15, 0.2) is 11.6 Å². The summed E-state index contributed by atoms with van der Waals surface area (Å²) in [7, 11) is 0. The summed E-state index contributed by atoms with van der Waals surface area (Å²) in [6.07, 6.45) is 1.92. The lowest BCUT2D eigenvalue weighted by atomic mass is 10.1. The molecule has 0 aliphatic carbocycles. The zero-order valence-electron chi connectivity index (χ0n) is 14.9. The van der Waals surface area contributed by atoms with E-state index in [0.29, 0.717) is 24.9 Å². The molecule has 2 aromatic rings. The summed E-state index contributed by atoms with van der Waals surface area (Å²) in [5.74, 6) is 1.45. The van der Waals surface area contributed by atoms with Gasteiger partial charge in [0.05, 0.1) is 18.9 Å². The highest BCUT2D eigenvalue weighted by atomic mass is 16.5. The summed E-state index contributed by atoms with van der Waals surface area (Å²) in [6, 6.07) is 3.63. The predicted molar refractivity (Wildman–Crippen MR) is 94.7 cm³/mol. The Kier molecular flexibility index (Phi) is 5.28. The molecule has 25 heavy (non-hydrogen) atoms. The van der Waals surface area contributed by atoms with Crippen molar-refractivity contribution in [3.8, 4) is 0 Å². The molecule has 8 nitrogen and oxygen atoms in total. The number of ether oxygens (including phenoxy) is 1. The Morgan fingerprint density at radius 1 is 1.28 bits per heavy atom. The van der Waals surface area contributed by atoms with Gasteiger partial charge in [-0.3, -0.25) is 9.48 Å². The van der Waals surface area contributed by atoms with E-state index in [9.17, 15) is 4.79 Å². The molecule has 1 aliphatic rings. The van der Waals surface area contributed by atoms with Gasteiger partial charge in [-0.1, -0.05) is 13.8 Å². The molecule has 0 unspecified atom stereocenters. The Morgan fingerprint density at radius 3 is 2.64 bits per heavy atom. The van der Waals surface area contributed by atoms with E-state index in [1.165, 1.54) is 0 Å². The van der Waals surface area contributed by atoms with Crippen molar-refractivity contribution in [2.75, 3.05) is 36.5 Å². The second-order valence-corrected chi connectivity index (χ2v) is 6.45. The van der Waals surface area contributed by atoms with Crippen molar-refractivity contribution in [3.05, 3.63) is 29.6 Å². The molecule has 8 heteroatoms. The molecule has 0 bridgehead atoms. The monoisotopic (exact) mass is 344 g/mol. The van der Waals surface area contributed by atoms with Gasteiger partial charge in [-0.15, -0.1) is 10.2 Å². The number of carbonyl (C=O) groups excluding carboxylic acids is 1. The third kappa shape index (κ3) is 4.33. The molecule has 1 aliphatic heterocycles. The van der Waals surface area contributed by atoms with Crippen molar-refractivity contribution in [1.82, 2.24) is 20.0 Å². The van der Waals surface area contributed by atoms with Crippen molar-refractivity contribution < 1.29 is 9.53 Å². The molecular weight excluding hydrogens is 320 g/mol. The van der Waals surface area contributed by atoms with Gasteiger partial charge in [0.25, 0.3) is 0 Å². The van der Waals surface area contributed by atoms with Crippen LogP contribution in [0.25, 0.3) is 0 Å². The van der Waals surface area contributed by atoms with E-state index in [1.54, 1.807) is 10.7 Å². The van der Waals surface area contributed by atoms with E-state index in [-0.39, 0.29) is 12.5 Å². The molecule has 0 saturated carbocycles. The average Bonchev–Trinajstić information content (AvgIpc) is 2.96. The number of hydrogen-bond acceptors (Lipinski definition) is 6. The lowest BCUT2D eigenvalue weighted by Crippen LogP contribution is -2.36. The molecule has 1 N–H and O–H groups in total. The molecule has 0 aromatic carbocycles. The molecular formula is C17H24N6O2. The van der Waals surface area contributed by atoms with Crippen LogP contribution in [0.3, 0.4) is 0 Å².